The first-order valence-electron chi connectivity index (χ1n) is 14.9. The van der Waals surface area contributed by atoms with Crippen molar-refractivity contribution >= 4 is 5.97 Å². The molecule has 0 unspecified atom stereocenters. The molecule has 0 atom stereocenters. The summed E-state index contributed by atoms with van der Waals surface area (Å²) >= 11 is 0. The first-order chi connectivity index (χ1) is 16.9. The summed E-state index contributed by atoms with van der Waals surface area (Å²) in [6.07, 6.45) is 23.5. The molecule has 1 rings (SSSR count). The predicted octanol–water partition coefficient (Wildman–Crippen LogP) is 9.82. The zero-order valence-electron chi connectivity index (χ0n) is 23.6. The highest BCUT2D eigenvalue weighted by Crippen LogP contribution is 2.34. The van der Waals surface area contributed by atoms with E-state index in [0.717, 1.165) is 30.4 Å². The molecular formula is C32H56O3. The summed E-state index contributed by atoms with van der Waals surface area (Å²) in [6.45, 7) is 9.22. The summed E-state index contributed by atoms with van der Waals surface area (Å²) in [5, 5.41) is 10.2. The van der Waals surface area contributed by atoms with Crippen molar-refractivity contribution in [3.05, 3.63) is 29.3 Å². The van der Waals surface area contributed by atoms with Crippen molar-refractivity contribution in [2.75, 3.05) is 6.61 Å². The van der Waals surface area contributed by atoms with Crippen molar-refractivity contribution in [3.63, 3.8) is 0 Å². The van der Waals surface area contributed by atoms with Crippen LogP contribution < -0.4 is 0 Å². The average molecular weight is 489 g/mol. The second kappa shape index (κ2) is 19.7. The molecule has 0 fully saturated rings. The van der Waals surface area contributed by atoms with Crippen molar-refractivity contribution in [2.24, 2.45) is 0 Å². The second-order valence-corrected chi connectivity index (χ2v) is 11.1. The van der Waals surface area contributed by atoms with Crippen molar-refractivity contribution < 1.29 is 14.6 Å². The summed E-state index contributed by atoms with van der Waals surface area (Å²) in [5.74, 6) is 0.224. The van der Waals surface area contributed by atoms with E-state index >= 15 is 0 Å². The van der Waals surface area contributed by atoms with E-state index in [1.54, 1.807) is 6.07 Å². The van der Waals surface area contributed by atoms with Gasteiger partial charge in [0.1, 0.15) is 5.75 Å². The molecule has 1 N–H and O–H groups in total. The molecule has 0 aliphatic rings. The van der Waals surface area contributed by atoms with Crippen LogP contribution in [0.25, 0.3) is 0 Å². The van der Waals surface area contributed by atoms with Gasteiger partial charge in [-0.1, -0.05) is 136 Å². The molecular weight excluding hydrogens is 432 g/mol. The molecule has 1 aromatic rings. The Hall–Kier alpha value is -1.51. The minimum atomic E-state index is -0.115. The largest absolute Gasteiger partial charge is 0.508 e. The molecule has 0 saturated heterocycles. The monoisotopic (exact) mass is 488 g/mol. The Balaban J connectivity index is 1.96. The first-order valence-corrected chi connectivity index (χ1v) is 14.9. The molecule has 3 nitrogen and oxygen atoms in total. The summed E-state index contributed by atoms with van der Waals surface area (Å²) in [6, 6.07) is 5.71. The Bertz CT molecular complexity index is 665. The van der Waals surface area contributed by atoms with Crippen molar-refractivity contribution in [1.82, 2.24) is 0 Å². The summed E-state index contributed by atoms with van der Waals surface area (Å²) in [5.41, 5.74) is 1.96. The lowest BCUT2D eigenvalue weighted by atomic mass is 9.81. The highest BCUT2D eigenvalue weighted by atomic mass is 16.5. The number of aromatic hydroxyl groups is 1. The van der Waals surface area contributed by atoms with Gasteiger partial charge in [0.2, 0.25) is 0 Å². The molecule has 202 valence electrons. The minimum absolute atomic E-state index is 0.0756. The predicted molar refractivity (Wildman–Crippen MR) is 150 cm³/mol. The molecule has 0 bridgehead atoms. The van der Waals surface area contributed by atoms with E-state index in [1.165, 1.54) is 89.9 Å². The number of phenolic OH excluding ortho intramolecular Hbond substituents is 1. The molecule has 0 amide bonds. The Labute approximate surface area is 217 Å². The summed E-state index contributed by atoms with van der Waals surface area (Å²) in [4.78, 5) is 12.1. The fourth-order valence-electron chi connectivity index (χ4n) is 4.63. The Morgan fingerprint density at radius 2 is 1.26 bits per heavy atom. The van der Waals surface area contributed by atoms with Crippen LogP contribution in [0.15, 0.2) is 18.2 Å². The molecule has 3 heteroatoms. The van der Waals surface area contributed by atoms with Crippen molar-refractivity contribution in [3.8, 4) is 5.75 Å². The van der Waals surface area contributed by atoms with Gasteiger partial charge in [-0.2, -0.15) is 0 Å². The van der Waals surface area contributed by atoms with Gasteiger partial charge in [0, 0.05) is 6.42 Å². The van der Waals surface area contributed by atoms with Crippen LogP contribution in [0.3, 0.4) is 0 Å². The van der Waals surface area contributed by atoms with Crippen LogP contribution in [-0.2, 0) is 21.4 Å². The third-order valence-corrected chi connectivity index (χ3v) is 7.55. The van der Waals surface area contributed by atoms with Crippen LogP contribution in [0.4, 0.5) is 0 Å². The molecule has 35 heavy (non-hydrogen) atoms. The summed E-state index contributed by atoms with van der Waals surface area (Å²) in [7, 11) is 0. The van der Waals surface area contributed by atoms with Crippen LogP contribution >= 0.6 is 0 Å². The Morgan fingerprint density at radius 1 is 0.771 bits per heavy atom. The third-order valence-electron chi connectivity index (χ3n) is 7.55. The summed E-state index contributed by atoms with van der Waals surface area (Å²) < 4.78 is 5.44. The number of esters is 1. The van der Waals surface area contributed by atoms with E-state index < -0.39 is 0 Å². The highest BCUT2D eigenvalue weighted by Gasteiger charge is 2.22. The van der Waals surface area contributed by atoms with Gasteiger partial charge < -0.3 is 9.84 Å². The normalized spacial score (nSPS) is 11.7. The zero-order valence-corrected chi connectivity index (χ0v) is 23.6. The van der Waals surface area contributed by atoms with Gasteiger partial charge in [-0.3, -0.25) is 4.79 Å². The van der Waals surface area contributed by atoms with Crippen LogP contribution in [0.2, 0.25) is 0 Å². The molecule has 0 radical (unpaired) electrons. The second-order valence-electron chi connectivity index (χ2n) is 11.1. The topological polar surface area (TPSA) is 46.5 Å². The van der Waals surface area contributed by atoms with E-state index in [-0.39, 0.29) is 11.4 Å². The van der Waals surface area contributed by atoms with Crippen LogP contribution in [0, 0.1) is 0 Å². The fraction of sp³-hybridized carbons (Fsp3) is 0.781. The van der Waals surface area contributed by atoms with E-state index in [4.69, 9.17) is 4.74 Å². The Kier molecular flexibility index (Phi) is 17.7. The number of phenols is 1. The van der Waals surface area contributed by atoms with Gasteiger partial charge >= 0.3 is 5.97 Å². The molecule has 0 spiro atoms. The maximum Gasteiger partial charge on any atom is 0.306 e. The Morgan fingerprint density at radius 3 is 1.74 bits per heavy atom. The van der Waals surface area contributed by atoms with Crippen molar-refractivity contribution in [1.29, 1.82) is 0 Å². The molecule has 1 aromatic carbocycles. The average Bonchev–Trinajstić information content (AvgIpc) is 2.85. The number of rotatable bonds is 22. The van der Waals surface area contributed by atoms with Gasteiger partial charge in [0.15, 0.2) is 0 Å². The molecule has 0 aromatic heterocycles. The number of carbonyl (C=O) groups is 1. The maximum absolute atomic E-state index is 12.1. The molecule has 0 saturated carbocycles. The van der Waals surface area contributed by atoms with E-state index in [9.17, 15) is 9.90 Å². The van der Waals surface area contributed by atoms with E-state index in [2.05, 4.69) is 27.7 Å². The first kappa shape index (κ1) is 31.5. The van der Waals surface area contributed by atoms with Crippen molar-refractivity contribution in [2.45, 2.75) is 155 Å². The standard InChI is InChI=1S/C32H56O3/c1-5-7-8-9-10-11-12-13-14-15-16-17-18-19-20-21-26-35-31(34)25-23-28-22-24-30(33)29(27-28)32(3,4)6-2/h22,24,27,33H,5-21,23,25-26H2,1-4H3. The van der Waals surface area contributed by atoms with Gasteiger partial charge in [-0.25, -0.2) is 0 Å². The van der Waals surface area contributed by atoms with E-state index in [1.807, 2.05) is 12.1 Å². The molecule has 0 aliphatic carbocycles. The molecule has 0 heterocycles. The lowest BCUT2D eigenvalue weighted by Crippen LogP contribution is -2.16. The number of unbranched alkanes of at least 4 members (excludes halogenated alkanes) is 15. The third kappa shape index (κ3) is 15.3. The fourth-order valence-corrected chi connectivity index (χ4v) is 4.63. The minimum Gasteiger partial charge on any atom is -0.508 e. The number of benzene rings is 1. The quantitative estimate of drug-likeness (QED) is 0.130. The van der Waals surface area contributed by atoms with Crippen LogP contribution in [-0.4, -0.2) is 17.7 Å². The number of aryl methyl sites for hydroxylation is 1. The van der Waals surface area contributed by atoms with E-state index in [0.29, 0.717) is 25.2 Å². The van der Waals surface area contributed by atoms with Gasteiger partial charge in [0.05, 0.1) is 6.61 Å². The maximum atomic E-state index is 12.1. The van der Waals surface area contributed by atoms with Gasteiger partial charge in [-0.05, 0) is 41.9 Å². The van der Waals surface area contributed by atoms with Crippen LogP contribution in [0.5, 0.6) is 5.75 Å². The van der Waals surface area contributed by atoms with Crippen LogP contribution in [0.1, 0.15) is 154 Å². The smallest absolute Gasteiger partial charge is 0.306 e. The van der Waals surface area contributed by atoms with Gasteiger partial charge in [0.25, 0.3) is 0 Å². The number of ether oxygens (including phenoxy) is 1. The lowest BCUT2D eigenvalue weighted by Gasteiger charge is -2.25. The SMILES string of the molecule is CCCCCCCCCCCCCCCCCCOC(=O)CCc1ccc(O)c(C(C)(C)CC)c1. The molecule has 0 aliphatic heterocycles. The van der Waals surface area contributed by atoms with Gasteiger partial charge in [-0.15, -0.1) is 0 Å². The lowest BCUT2D eigenvalue weighted by molar-refractivity contribution is -0.143. The zero-order chi connectivity index (χ0) is 25.8. The number of hydrogen-bond donors (Lipinski definition) is 1. The highest BCUT2D eigenvalue weighted by molar-refractivity contribution is 5.69. The number of carbonyl (C=O) groups excluding carboxylic acids is 1. The number of hydrogen-bond acceptors (Lipinski definition) is 3.